The molecule has 1 saturated heterocycles. The molecule has 0 atom stereocenters. The molecular formula is C21H34N2O3. The number of nitrogens with one attached hydrogen (secondary N) is 1. The molecule has 1 amide bonds. The lowest BCUT2D eigenvalue weighted by atomic mass is 9.79. The molecule has 1 fully saturated rings. The second-order valence-corrected chi connectivity index (χ2v) is 9.13. The van der Waals surface area contributed by atoms with Gasteiger partial charge in [0.1, 0.15) is 0 Å². The Morgan fingerprint density at radius 1 is 1.12 bits per heavy atom. The summed E-state index contributed by atoms with van der Waals surface area (Å²) >= 11 is 0. The lowest BCUT2D eigenvalue weighted by molar-refractivity contribution is -0.148. The third kappa shape index (κ3) is 4.70. The highest BCUT2D eigenvalue weighted by atomic mass is 16.5. The minimum atomic E-state index is -0.984. The lowest BCUT2D eigenvalue weighted by Gasteiger charge is -2.49. The van der Waals surface area contributed by atoms with Gasteiger partial charge in [-0.3, -0.25) is 4.79 Å². The highest BCUT2D eigenvalue weighted by molar-refractivity contribution is 5.85. The molecule has 0 bridgehead atoms. The number of amides is 1. The van der Waals surface area contributed by atoms with Gasteiger partial charge in [-0.05, 0) is 66.5 Å². The van der Waals surface area contributed by atoms with Gasteiger partial charge in [0.2, 0.25) is 0 Å². The zero-order valence-electron chi connectivity index (χ0n) is 17.5. The van der Waals surface area contributed by atoms with Gasteiger partial charge >= 0.3 is 0 Å². The molecular weight excluding hydrogens is 328 g/mol. The summed E-state index contributed by atoms with van der Waals surface area (Å²) in [6.45, 7) is 12.4. The van der Waals surface area contributed by atoms with E-state index in [1.165, 1.54) is 0 Å². The predicted molar refractivity (Wildman–Crippen MR) is 105 cm³/mol. The molecule has 1 aromatic carbocycles. The molecule has 0 aliphatic carbocycles. The maximum Gasteiger partial charge on any atom is 0.266 e. The second-order valence-electron chi connectivity index (χ2n) is 9.13. The van der Waals surface area contributed by atoms with E-state index in [-0.39, 0.29) is 23.0 Å². The van der Waals surface area contributed by atoms with Gasteiger partial charge in [-0.2, -0.15) is 0 Å². The van der Waals surface area contributed by atoms with Crippen molar-refractivity contribution >= 4 is 5.91 Å². The molecule has 0 aromatic heterocycles. The van der Waals surface area contributed by atoms with Gasteiger partial charge in [-0.25, -0.2) is 0 Å². The molecule has 5 heteroatoms. The van der Waals surface area contributed by atoms with Gasteiger partial charge in [0.25, 0.3) is 5.91 Å². The van der Waals surface area contributed by atoms with E-state index in [1.807, 2.05) is 50.1 Å². The zero-order chi connectivity index (χ0) is 19.8. The average Bonchev–Trinajstić information content (AvgIpc) is 2.50. The summed E-state index contributed by atoms with van der Waals surface area (Å²) in [5.41, 5.74) is -1.02. The smallest absolute Gasteiger partial charge is 0.266 e. The second kappa shape index (κ2) is 7.10. The van der Waals surface area contributed by atoms with Crippen LogP contribution in [0.25, 0.3) is 0 Å². The van der Waals surface area contributed by atoms with Crippen molar-refractivity contribution in [3.8, 4) is 11.5 Å². The van der Waals surface area contributed by atoms with Gasteiger partial charge in [0.15, 0.2) is 17.1 Å². The number of benzene rings is 1. The Morgan fingerprint density at radius 2 is 1.62 bits per heavy atom. The van der Waals surface area contributed by atoms with Gasteiger partial charge in [0.05, 0.1) is 7.11 Å². The number of para-hydroxylation sites is 2. The molecule has 0 radical (unpaired) electrons. The van der Waals surface area contributed by atoms with Crippen LogP contribution in [-0.2, 0) is 4.79 Å². The molecule has 0 spiro atoms. The third-order valence-corrected chi connectivity index (χ3v) is 4.99. The minimum absolute atomic E-state index is 0.0192. The number of ether oxygens (including phenoxy) is 2. The number of hydrogen-bond donors (Lipinski definition) is 1. The standard InChI is InChI=1S/C21H34N2O3/c1-19(2)13-15(14-20(3,4)22-19)23(7)18(24)21(5,6)26-17-12-10-9-11-16(17)25-8/h9-12,15,22H,13-14H2,1-8H3. The Kier molecular flexibility index (Phi) is 5.62. The van der Waals surface area contributed by atoms with Crippen LogP contribution < -0.4 is 14.8 Å². The van der Waals surface area contributed by atoms with E-state index >= 15 is 0 Å². The predicted octanol–water partition coefficient (Wildman–Crippen LogP) is 3.62. The van der Waals surface area contributed by atoms with E-state index in [2.05, 4.69) is 33.0 Å². The van der Waals surface area contributed by atoms with E-state index in [9.17, 15) is 4.79 Å². The highest BCUT2D eigenvalue weighted by Crippen LogP contribution is 2.34. The van der Waals surface area contributed by atoms with Crippen LogP contribution in [0.2, 0.25) is 0 Å². The number of nitrogens with zero attached hydrogens (tertiary/aromatic N) is 1. The molecule has 5 nitrogen and oxygen atoms in total. The summed E-state index contributed by atoms with van der Waals surface area (Å²) < 4.78 is 11.4. The van der Waals surface area contributed by atoms with Crippen molar-refractivity contribution in [1.29, 1.82) is 0 Å². The Bertz CT molecular complexity index is 636. The number of carbonyl (C=O) groups is 1. The SMILES string of the molecule is COc1ccccc1OC(C)(C)C(=O)N(C)C1CC(C)(C)NC(C)(C)C1. The van der Waals surface area contributed by atoms with Crippen molar-refractivity contribution in [2.45, 2.75) is 77.1 Å². The fourth-order valence-electron chi connectivity index (χ4n) is 4.15. The van der Waals surface area contributed by atoms with Crippen molar-refractivity contribution in [3.63, 3.8) is 0 Å². The Labute approximate surface area is 158 Å². The molecule has 0 saturated carbocycles. The molecule has 1 aliphatic rings. The number of rotatable bonds is 5. The first-order valence-electron chi connectivity index (χ1n) is 9.25. The van der Waals surface area contributed by atoms with Crippen LogP contribution in [-0.4, -0.2) is 47.7 Å². The summed E-state index contributed by atoms with van der Waals surface area (Å²) in [4.78, 5) is 15.1. The van der Waals surface area contributed by atoms with Crippen LogP contribution >= 0.6 is 0 Å². The van der Waals surface area contributed by atoms with Crippen LogP contribution in [0.3, 0.4) is 0 Å². The first kappa shape index (κ1) is 20.6. The number of hydrogen-bond acceptors (Lipinski definition) is 4. The minimum Gasteiger partial charge on any atom is -0.493 e. The summed E-state index contributed by atoms with van der Waals surface area (Å²) in [5.74, 6) is 1.18. The monoisotopic (exact) mass is 362 g/mol. The molecule has 26 heavy (non-hydrogen) atoms. The fourth-order valence-corrected chi connectivity index (χ4v) is 4.15. The van der Waals surface area contributed by atoms with E-state index in [4.69, 9.17) is 9.47 Å². The van der Waals surface area contributed by atoms with Crippen molar-refractivity contribution < 1.29 is 14.3 Å². The van der Waals surface area contributed by atoms with Crippen LogP contribution in [0, 0.1) is 0 Å². The number of piperidine rings is 1. The average molecular weight is 363 g/mol. The molecule has 0 unspecified atom stereocenters. The summed E-state index contributed by atoms with van der Waals surface area (Å²) in [6, 6.07) is 7.57. The number of methoxy groups -OCH3 is 1. The largest absolute Gasteiger partial charge is 0.493 e. The molecule has 1 aliphatic heterocycles. The van der Waals surface area contributed by atoms with Crippen molar-refractivity contribution in [2.75, 3.05) is 14.2 Å². The van der Waals surface area contributed by atoms with Crippen LogP contribution in [0.1, 0.15) is 54.4 Å². The zero-order valence-corrected chi connectivity index (χ0v) is 17.5. The fraction of sp³-hybridized carbons (Fsp3) is 0.667. The molecule has 1 N–H and O–H groups in total. The summed E-state index contributed by atoms with van der Waals surface area (Å²) in [7, 11) is 3.49. The molecule has 146 valence electrons. The summed E-state index contributed by atoms with van der Waals surface area (Å²) in [5, 5.41) is 3.66. The molecule has 1 heterocycles. The first-order chi connectivity index (χ1) is 11.9. The van der Waals surface area contributed by atoms with Crippen LogP contribution in [0.4, 0.5) is 0 Å². The number of likely N-dealkylation sites (N-methyl/N-ethyl adjacent to an activating group) is 1. The Hall–Kier alpha value is -1.75. The van der Waals surface area contributed by atoms with Crippen molar-refractivity contribution in [3.05, 3.63) is 24.3 Å². The van der Waals surface area contributed by atoms with E-state index in [0.717, 1.165) is 12.8 Å². The summed E-state index contributed by atoms with van der Waals surface area (Å²) in [6.07, 6.45) is 1.81. The quantitative estimate of drug-likeness (QED) is 0.869. The lowest BCUT2D eigenvalue weighted by Crippen LogP contribution is -2.63. The number of carbonyl (C=O) groups excluding carboxylic acids is 1. The molecule has 1 aromatic rings. The van der Waals surface area contributed by atoms with Crippen LogP contribution in [0.5, 0.6) is 11.5 Å². The highest BCUT2D eigenvalue weighted by Gasteiger charge is 2.43. The van der Waals surface area contributed by atoms with E-state index < -0.39 is 5.60 Å². The topological polar surface area (TPSA) is 50.8 Å². The maximum absolute atomic E-state index is 13.2. The van der Waals surface area contributed by atoms with Gasteiger partial charge in [-0.1, -0.05) is 12.1 Å². The Balaban J connectivity index is 2.17. The Morgan fingerprint density at radius 3 is 2.12 bits per heavy atom. The first-order valence-corrected chi connectivity index (χ1v) is 9.25. The van der Waals surface area contributed by atoms with Crippen LogP contribution in [0.15, 0.2) is 24.3 Å². The van der Waals surface area contributed by atoms with E-state index in [1.54, 1.807) is 7.11 Å². The van der Waals surface area contributed by atoms with E-state index in [0.29, 0.717) is 11.5 Å². The molecule has 2 rings (SSSR count). The van der Waals surface area contributed by atoms with Gasteiger partial charge < -0.3 is 19.7 Å². The third-order valence-electron chi connectivity index (χ3n) is 4.99. The maximum atomic E-state index is 13.2. The van der Waals surface area contributed by atoms with Crippen molar-refractivity contribution in [2.24, 2.45) is 0 Å². The van der Waals surface area contributed by atoms with Gasteiger partial charge in [0, 0.05) is 24.2 Å². The van der Waals surface area contributed by atoms with Gasteiger partial charge in [-0.15, -0.1) is 0 Å². The normalized spacial score (nSPS) is 19.7. The van der Waals surface area contributed by atoms with Crippen molar-refractivity contribution in [1.82, 2.24) is 10.2 Å².